The minimum atomic E-state index is -0.840. The number of carboxylic acids is 1. The maximum absolute atomic E-state index is 12.8. The van der Waals surface area contributed by atoms with Crippen molar-refractivity contribution in [2.45, 2.75) is 51.9 Å². The van der Waals surface area contributed by atoms with Gasteiger partial charge in [-0.2, -0.15) is 0 Å². The lowest BCUT2D eigenvalue weighted by molar-refractivity contribution is -0.142. The maximum Gasteiger partial charge on any atom is 0.308 e. The van der Waals surface area contributed by atoms with Crippen LogP contribution in [0.15, 0.2) is 24.3 Å². The van der Waals surface area contributed by atoms with Gasteiger partial charge in [-0.1, -0.05) is 38.1 Å². The van der Waals surface area contributed by atoms with Crippen LogP contribution in [0.4, 0.5) is 0 Å². The highest BCUT2D eigenvalue weighted by Crippen LogP contribution is 2.37. The van der Waals surface area contributed by atoms with E-state index in [2.05, 4.69) is 11.4 Å². The monoisotopic (exact) mass is 317 g/mol. The SMILES string of the molecule is CC(C)CC(CNC(=O)C1(C)CCCc2ccccc21)C(=O)O. The van der Waals surface area contributed by atoms with Crippen LogP contribution < -0.4 is 5.32 Å². The molecule has 0 saturated carbocycles. The summed E-state index contributed by atoms with van der Waals surface area (Å²) in [7, 11) is 0. The van der Waals surface area contributed by atoms with Gasteiger partial charge < -0.3 is 10.4 Å². The van der Waals surface area contributed by atoms with Crippen LogP contribution in [0.25, 0.3) is 0 Å². The van der Waals surface area contributed by atoms with E-state index in [0.717, 1.165) is 24.8 Å². The third kappa shape index (κ3) is 3.92. The molecule has 1 amide bonds. The molecule has 2 N–H and O–H groups in total. The number of aliphatic carboxylic acids is 1. The first-order valence-corrected chi connectivity index (χ1v) is 8.44. The van der Waals surface area contributed by atoms with Crippen LogP contribution >= 0.6 is 0 Å². The van der Waals surface area contributed by atoms with Gasteiger partial charge in [0.05, 0.1) is 11.3 Å². The number of rotatable bonds is 6. The van der Waals surface area contributed by atoms with Gasteiger partial charge in [0.15, 0.2) is 0 Å². The van der Waals surface area contributed by atoms with Crippen LogP contribution in [0.1, 0.15) is 51.2 Å². The van der Waals surface area contributed by atoms with E-state index in [1.807, 2.05) is 39.0 Å². The Hall–Kier alpha value is -1.84. The summed E-state index contributed by atoms with van der Waals surface area (Å²) in [5.41, 5.74) is 1.75. The maximum atomic E-state index is 12.8. The van der Waals surface area contributed by atoms with Gasteiger partial charge in [-0.25, -0.2) is 0 Å². The molecule has 0 radical (unpaired) electrons. The Bertz CT molecular complexity index is 582. The van der Waals surface area contributed by atoms with Crippen molar-refractivity contribution in [2.24, 2.45) is 11.8 Å². The molecule has 126 valence electrons. The average Bonchev–Trinajstić information content (AvgIpc) is 2.51. The molecule has 4 nitrogen and oxygen atoms in total. The largest absolute Gasteiger partial charge is 0.481 e. The Morgan fingerprint density at radius 3 is 2.65 bits per heavy atom. The minimum Gasteiger partial charge on any atom is -0.481 e. The molecule has 0 spiro atoms. The van der Waals surface area contributed by atoms with Gasteiger partial charge >= 0.3 is 5.97 Å². The number of carboxylic acid groups (broad SMARTS) is 1. The standard InChI is InChI=1S/C19H27NO3/c1-13(2)11-15(17(21)22)12-20-18(23)19(3)10-6-8-14-7-4-5-9-16(14)19/h4-5,7,9,13,15H,6,8,10-12H2,1-3H3,(H,20,23)(H,21,22). The highest BCUT2D eigenvalue weighted by atomic mass is 16.4. The van der Waals surface area contributed by atoms with E-state index in [1.165, 1.54) is 5.56 Å². The summed E-state index contributed by atoms with van der Waals surface area (Å²) >= 11 is 0. The van der Waals surface area contributed by atoms with Crippen LogP contribution in [-0.2, 0) is 21.4 Å². The van der Waals surface area contributed by atoms with Crippen molar-refractivity contribution in [1.82, 2.24) is 5.32 Å². The fourth-order valence-corrected chi connectivity index (χ4v) is 3.53. The lowest BCUT2D eigenvalue weighted by Crippen LogP contribution is -2.46. The fourth-order valence-electron chi connectivity index (χ4n) is 3.53. The molecule has 2 unspecified atom stereocenters. The zero-order valence-corrected chi connectivity index (χ0v) is 14.3. The molecule has 0 heterocycles. The number of amides is 1. The molecular weight excluding hydrogens is 290 g/mol. The molecule has 0 aliphatic heterocycles. The number of aryl methyl sites for hydroxylation is 1. The van der Waals surface area contributed by atoms with Crippen molar-refractivity contribution in [1.29, 1.82) is 0 Å². The predicted octanol–water partition coefficient (Wildman–Crippen LogP) is 3.14. The second-order valence-corrected chi connectivity index (χ2v) is 7.22. The van der Waals surface area contributed by atoms with E-state index >= 15 is 0 Å². The predicted molar refractivity (Wildman–Crippen MR) is 90.3 cm³/mol. The number of carbonyl (C=O) groups is 2. The second kappa shape index (κ2) is 7.16. The summed E-state index contributed by atoms with van der Waals surface area (Å²) in [5, 5.41) is 12.2. The van der Waals surface area contributed by atoms with E-state index in [0.29, 0.717) is 12.3 Å². The van der Waals surface area contributed by atoms with Gasteiger partial charge in [0.1, 0.15) is 0 Å². The van der Waals surface area contributed by atoms with Crippen LogP contribution in [0.2, 0.25) is 0 Å². The Morgan fingerprint density at radius 2 is 2.00 bits per heavy atom. The van der Waals surface area contributed by atoms with E-state index in [9.17, 15) is 14.7 Å². The van der Waals surface area contributed by atoms with Crippen LogP contribution in [0, 0.1) is 11.8 Å². The number of hydrogen-bond donors (Lipinski definition) is 2. The number of carbonyl (C=O) groups excluding carboxylic acids is 1. The van der Waals surface area contributed by atoms with Crippen molar-refractivity contribution in [3.8, 4) is 0 Å². The molecule has 1 aromatic rings. The fraction of sp³-hybridized carbons (Fsp3) is 0.579. The average molecular weight is 317 g/mol. The summed E-state index contributed by atoms with van der Waals surface area (Å²) in [6.07, 6.45) is 3.36. The molecule has 2 rings (SSSR count). The first-order chi connectivity index (χ1) is 10.8. The highest BCUT2D eigenvalue weighted by molar-refractivity contribution is 5.88. The number of fused-ring (bicyclic) bond motifs is 1. The molecule has 1 aromatic carbocycles. The number of benzene rings is 1. The Balaban J connectivity index is 2.10. The molecule has 0 aromatic heterocycles. The first-order valence-electron chi connectivity index (χ1n) is 8.44. The second-order valence-electron chi connectivity index (χ2n) is 7.22. The molecule has 0 saturated heterocycles. The van der Waals surface area contributed by atoms with Gasteiger partial charge in [-0.05, 0) is 49.7 Å². The normalized spacial score (nSPS) is 21.6. The van der Waals surface area contributed by atoms with Crippen molar-refractivity contribution in [3.05, 3.63) is 35.4 Å². The Kier molecular flexibility index (Phi) is 5.45. The topological polar surface area (TPSA) is 66.4 Å². The van der Waals surface area contributed by atoms with Gasteiger partial charge in [0.2, 0.25) is 5.91 Å². The molecule has 1 aliphatic carbocycles. The first kappa shape index (κ1) is 17.5. The van der Waals surface area contributed by atoms with E-state index in [1.54, 1.807) is 0 Å². The Labute approximate surface area is 138 Å². The molecule has 4 heteroatoms. The molecular formula is C19H27NO3. The highest BCUT2D eigenvalue weighted by Gasteiger charge is 2.39. The zero-order valence-electron chi connectivity index (χ0n) is 14.3. The van der Waals surface area contributed by atoms with Crippen LogP contribution in [-0.4, -0.2) is 23.5 Å². The summed E-state index contributed by atoms with van der Waals surface area (Å²) in [6.45, 7) is 6.16. The van der Waals surface area contributed by atoms with Gasteiger partial charge in [0, 0.05) is 6.54 Å². The van der Waals surface area contributed by atoms with Crippen molar-refractivity contribution < 1.29 is 14.7 Å². The van der Waals surface area contributed by atoms with Gasteiger partial charge in [0.25, 0.3) is 0 Å². The van der Waals surface area contributed by atoms with E-state index in [-0.39, 0.29) is 12.5 Å². The third-order valence-electron chi connectivity index (χ3n) is 4.85. The van der Waals surface area contributed by atoms with E-state index < -0.39 is 17.3 Å². The number of hydrogen-bond acceptors (Lipinski definition) is 2. The zero-order chi connectivity index (χ0) is 17.0. The summed E-state index contributed by atoms with van der Waals surface area (Å²) in [5.74, 6) is -1.13. The van der Waals surface area contributed by atoms with Crippen LogP contribution in [0.3, 0.4) is 0 Å². The van der Waals surface area contributed by atoms with Crippen LogP contribution in [0.5, 0.6) is 0 Å². The van der Waals surface area contributed by atoms with Crippen molar-refractivity contribution >= 4 is 11.9 Å². The minimum absolute atomic E-state index is 0.0559. The lowest BCUT2D eigenvalue weighted by atomic mass is 9.70. The molecule has 2 atom stereocenters. The summed E-state index contributed by atoms with van der Waals surface area (Å²) < 4.78 is 0. The van der Waals surface area contributed by atoms with Crippen molar-refractivity contribution in [2.75, 3.05) is 6.54 Å². The quantitative estimate of drug-likeness (QED) is 0.847. The van der Waals surface area contributed by atoms with E-state index in [4.69, 9.17) is 0 Å². The molecule has 23 heavy (non-hydrogen) atoms. The summed E-state index contributed by atoms with van der Waals surface area (Å²) in [4.78, 5) is 24.1. The van der Waals surface area contributed by atoms with Crippen molar-refractivity contribution in [3.63, 3.8) is 0 Å². The molecule has 0 bridgehead atoms. The molecule has 1 aliphatic rings. The van der Waals surface area contributed by atoms with Gasteiger partial charge in [-0.3, -0.25) is 9.59 Å². The number of nitrogens with one attached hydrogen (secondary N) is 1. The lowest BCUT2D eigenvalue weighted by Gasteiger charge is -2.35. The Morgan fingerprint density at radius 1 is 1.30 bits per heavy atom. The summed E-state index contributed by atoms with van der Waals surface area (Å²) in [6, 6.07) is 8.08. The molecule has 0 fully saturated rings. The third-order valence-corrected chi connectivity index (χ3v) is 4.85. The smallest absolute Gasteiger partial charge is 0.308 e. The van der Waals surface area contributed by atoms with Gasteiger partial charge in [-0.15, -0.1) is 0 Å².